The van der Waals surface area contributed by atoms with Crippen molar-refractivity contribution in [2.24, 2.45) is 10.4 Å². The number of rotatable bonds is 11. The standard InChI is InChI=1S/C22H38N6O6/c1-4-7-25-8-10-26(16-18(2)3)12-14-28(19(22(32)24-34)5-6-21(30)31)15-13-27(11-9-25)17-20(29)23-33/h19H,2,4-17H2,1,3H3,(H,30,31). The molecule has 2 amide bonds. The SMILES string of the molecule is C=C(C)CN1CCN(CCC)CCN(CC(=O)N=O)CCN(C(CCC(=O)O)C(=O)N=O)CC1. The van der Waals surface area contributed by atoms with Crippen molar-refractivity contribution < 1.29 is 19.5 Å². The highest BCUT2D eigenvalue weighted by Crippen LogP contribution is 2.12. The molecule has 192 valence electrons. The molecule has 1 rings (SSSR count). The molecule has 1 heterocycles. The van der Waals surface area contributed by atoms with Gasteiger partial charge < -0.3 is 10.0 Å². The summed E-state index contributed by atoms with van der Waals surface area (Å²) in [6, 6.07) is -0.971. The van der Waals surface area contributed by atoms with E-state index < -0.39 is 23.8 Å². The number of nitroso groups, excluding NO2 is 2. The zero-order valence-electron chi connectivity index (χ0n) is 20.4. The predicted molar refractivity (Wildman–Crippen MR) is 128 cm³/mol. The van der Waals surface area contributed by atoms with Crippen LogP contribution in [0.5, 0.6) is 0 Å². The number of carbonyl (C=O) groups is 3. The number of amides is 2. The normalized spacial score (nSPS) is 18.9. The van der Waals surface area contributed by atoms with Gasteiger partial charge in [-0.3, -0.25) is 29.1 Å². The molecule has 1 N–H and O–H groups in total. The number of carboxylic acids is 1. The third-order valence-corrected chi connectivity index (χ3v) is 5.81. The van der Waals surface area contributed by atoms with Crippen molar-refractivity contribution in [3.63, 3.8) is 0 Å². The molecule has 12 heteroatoms. The van der Waals surface area contributed by atoms with Gasteiger partial charge in [0.2, 0.25) is 0 Å². The molecule has 1 unspecified atom stereocenters. The average Bonchev–Trinajstić information content (AvgIpc) is 2.79. The molecule has 1 atom stereocenters. The van der Waals surface area contributed by atoms with Gasteiger partial charge in [0.05, 0.1) is 12.6 Å². The maximum absolute atomic E-state index is 12.3. The quantitative estimate of drug-likeness (QED) is 0.335. The second-order valence-corrected chi connectivity index (χ2v) is 8.75. The van der Waals surface area contributed by atoms with E-state index in [1.165, 1.54) is 0 Å². The van der Waals surface area contributed by atoms with Gasteiger partial charge in [0.25, 0.3) is 5.91 Å². The summed E-state index contributed by atoms with van der Waals surface area (Å²) < 4.78 is 0. The first kappa shape index (κ1) is 29.6. The summed E-state index contributed by atoms with van der Waals surface area (Å²) in [5, 5.41) is 14.2. The summed E-state index contributed by atoms with van der Waals surface area (Å²) in [4.78, 5) is 65.0. The zero-order chi connectivity index (χ0) is 25.5. The Kier molecular flexibility index (Phi) is 14.2. The van der Waals surface area contributed by atoms with Crippen molar-refractivity contribution in [1.29, 1.82) is 0 Å². The second-order valence-electron chi connectivity index (χ2n) is 8.75. The Bertz CT molecular complexity index is 718. The first-order valence-corrected chi connectivity index (χ1v) is 11.7. The number of hydrogen-bond donors (Lipinski definition) is 1. The molecule has 0 saturated carbocycles. The molecule has 1 aliphatic rings. The van der Waals surface area contributed by atoms with Gasteiger partial charge in [-0.1, -0.05) is 19.1 Å². The van der Waals surface area contributed by atoms with E-state index in [1.807, 2.05) is 6.92 Å². The lowest BCUT2D eigenvalue weighted by Gasteiger charge is -2.36. The van der Waals surface area contributed by atoms with E-state index in [4.69, 9.17) is 5.11 Å². The highest BCUT2D eigenvalue weighted by Gasteiger charge is 2.29. The fraction of sp³-hybridized carbons (Fsp3) is 0.773. The van der Waals surface area contributed by atoms with Crippen LogP contribution < -0.4 is 0 Å². The Morgan fingerprint density at radius 3 is 1.88 bits per heavy atom. The van der Waals surface area contributed by atoms with E-state index in [0.717, 1.165) is 31.6 Å². The summed E-state index contributed by atoms with van der Waals surface area (Å²) in [5.41, 5.74) is 1.000. The van der Waals surface area contributed by atoms with E-state index in [2.05, 4.69) is 33.7 Å². The van der Waals surface area contributed by atoms with Gasteiger partial charge in [-0.25, -0.2) is 0 Å². The van der Waals surface area contributed by atoms with E-state index in [0.29, 0.717) is 45.8 Å². The van der Waals surface area contributed by atoms with Crippen molar-refractivity contribution in [3.05, 3.63) is 22.0 Å². The van der Waals surface area contributed by atoms with Crippen LogP contribution >= 0.6 is 0 Å². The van der Waals surface area contributed by atoms with Gasteiger partial charge in [0.1, 0.15) is 0 Å². The van der Waals surface area contributed by atoms with Crippen LogP contribution in [-0.4, -0.2) is 121 Å². The summed E-state index contributed by atoms with van der Waals surface area (Å²) in [6.45, 7) is 13.9. The summed E-state index contributed by atoms with van der Waals surface area (Å²) in [6.07, 6.45) is 0.662. The average molecular weight is 483 g/mol. The largest absolute Gasteiger partial charge is 0.481 e. The van der Waals surface area contributed by atoms with Crippen molar-refractivity contribution in [2.45, 2.75) is 39.2 Å². The van der Waals surface area contributed by atoms with Crippen LogP contribution in [0.4, 0.5) is 0 Å². The van der Waals surface area contributed by atoms with Crippen LogP contribution in [0.25, 0.3) is 0 Å². The number of carbonyl (C=O) groups excluding carboxylic acids is 2. The molecule has 0 aromatic carbocycles. The van der Waals surface area contributed by atoms with Gasteiger partial charge in [-0.05, 0) is 26.3 Å². The molecule has 0 aromatic heterocycles. The molecule has 0 aliphatic carbocycles. The molecular weight excluding hydrogens is 444 g/mol. The minimum atomic E-state index is -1.07. The topological polar surface area (TPSA) is 143 Å². The molecule has 34 heavy (non-hydrogen) atoms. The maximum Gasteiger partial charge on any atom is 0.303 e. The first-order chi connectivity index (χ1) is 16.2. The lowest BCUT2D eigenvalue weighted by atomic mass is 10.1. The fourth-order valence-corrected chi connectivity index (χ4v) is 4.11. The highest BCUT2D eigenvalue weighted by molar-refractivity contribution is 5.83. The third-order valence-electron chi connectivity index (χ3n) is 5.81. The number of hydrogen-bond acceptors (Lipinski definition) is 9. The van der Waals surface area contributed by atoms with Crippen LogP contribution in [0.3, 0.4) is 0 Å². The Morgan fingerprint density at radius 2 is 1.41 bits per heavy atom. The van der Waals surface area contributed by atoms with E-state index in [1.54, 1.807) is 9.80 Å². The smallest absolute Gasteiger partial charge is 0.303 e. The minimum absolute atomic E-state index is 0.0422. The lowest BCUT2D eigenvalue weighted by molar-refractivity contribution is -0.137. The number of aliphatic carboxylic acids is 1. The molecule has 0 aromatic rings. The predicted octanol–water partition coefficient (Wildman–Crippen LogP) is 1.01. The molecule has 0 radical (unpaired) electrons. The van der Waals surface area contributed by atoms with Gasteiger partial charge >= 0.3 is 11.9 Å². The zero-order valence-corrected chi connectivity index (χ0v) is 20.4. The molecule has 0 spiro atoms. The summed E-state index contributed by atoms with van der Waals surface area (Å²) >= 11 is 0. The number of carboxylic acid groups (broad SMARTS) is 1. The van der Waals surface area contributed by atoms with Crippen molar-refractivity contribution in [3.8, 4) is 0 Å². The Hall–Kier alpha value is -2.41. The van der Waals surface area contributed by atoms with Crippen molar-refractivity contribution in [2.75, 3.05) is 72.0 Å². The molecular formula is C22H38N6O6. The molecule has 12 nitrogen and oxygen atoms in total. The number of nitrogens with zero attached hydrogens (tertiary/aromatic N) is 6. The second kappa shape index (κ2) is 16.3. The Labute approximate surface area is 200 Å². The molecule has 0 bridgehead atoms. The third kappa shape index (κ3) is 11.6. The highest BCUT2D eigenvalue weighted by atomic mass is 16.4. The van der Waals surface area contributed by atoms with Crippen LogP contribution in [0.15, 0.2) is 22.5 Å². The lowest BCUT2D eigenvalue weighted by Crippen LogP contribution is -2.51. The van der Waals surface area contributed by atoms with E-state index >= 15 is 0 Å². The molecule has 1 fully saturated rings. The van der Waals surface area contributed by atoms with Crippen LogP contribution in [-0.2, 0) is 14.4 Å². The first-order valence-electron chi connectivity index (χ1n) is 11.7. The van der Waals surface area contributed by atoms with Crippen LogP contribution in [0, 0.1) is 9.81 Å². The monoisotopic (exact) mass is 482 g/mol. The maximum atomic E-state index is 12.3. The molecule has 1 aliphatic heterocycles. The van der Waals surface area contributed by atoms with Gasteiger partial charge in [0, 0.05) is 75.7 Å². The summed E-state index contributed by atoms with van der Waals surface area (Å²) in [7, 11) is 0. The fourth-order valence-electron chi connectivity index (χ4n) is 4.11. The van der Waals surface area contributed by atoms with Gasteiger partial charge in [0.15, 0.2) is 0 Å². The van der Waals surface area contributed by atoms with Crippen LogP contribution in [0.1, 0.15) is 33.1 Å². The van der Waals surface area contributed by atoms with E-state index in [9.17, 15) is 24.2 Å². The van der Waals surface area contributed by atoms with Crippen molar-refractivity contribution >= 4 is 17.8 Å². The minimum Gasteiger partial charge on any atom is -0.481 e. The molecule has 1 saturated heterocycles. The van der Waals surface area contributed by atoms with E-state index in [-0.39, 0.29) is 19.4 Å². The van der Waals surface area contributed by atoms with Crippen LogP contribution in [0.2, 0.25) is 0 Å². The van der Waals surface area contributed by atoms with Gasteiger partial charge in [-0.15, -0.1) is 9.81 Å². The Morgan fingerprint density at radius 1 is 0.882 bits per heavy atom. The van der Waals surface area contributed by atoms with Gasteiger partial charge in [-0.2, -0.15) is 0 Å². The summed E-state index contributed by atoms with van der Waals surface area (Å²) in [5.74, 6) is -2.75. The Balaban J connectivity index is 3.16. The van der Waals surface area contributed by atoms with Crippen molar-refractivity contribution in [1.82, 2.24) is 19.6 Å².